The fourth-order valence-corrected chi connectivity index (χ4v) is 4.65. The van der Waals surface area contributed by atoms with Crippen molar-refractivity contribution in [2.75, 3.05) is 18.1 Å². The van der Waals surface area contributed by atoms with Gasteiger partial charge in [0.1, 0.15) is 35.5 Å². The van der Waals surface area contributed by atoms with Crippen molar-refractivity contribution in [1.29, 1.82) is 0 Å². The average molecular weight is 508 g/mol. The molecule has 2 aliphatic heterocycles. The number of halogens is 2. The van der Waals surface area contributed by atoms with Crippen LogP contribution in [0.25, 0.3) is 16.9 Å². The molecule has 0 N–H and O–H groups in total. The fraction of sp³-hybridized carbons (Fsp3) is 0.320. The maximum Gasteiger partial charge on any atom is 0.416 e. The van der Waals surface area contributed by atoms with E-state index in [4.69, 9.17) is 14.2 Å². The Morgan fingerprint density at radius 1 is 1.14 bits per heavy atom. The molecule has 0 saturated carbocycles. The number of pyridine rings is 1. The second-order valence-corrected chi connectivity index (χ2v) is 9.81. The van der Waals surface area contributed by atoms with Gasteiger partial charge < -0.3 is 14.2 Å². The largest absolute Gasteiger partial charge is 0.493 e. The highest BCUT2D eigenvalue weighted by atomic mass is 19.1. The molecule has 10 nitrogen and oxygen atoms in total. The van der Waals surface area contributed by atoms with E-state index in [9.17, 15) is 9.18 Å². The van der Waals surface area contributed by atoms with Gasteiger partial charge in [0.2, 0.25) is 0 Å². The van der Waals surface area contributed by atoms with Gasteiger partial charge in [-0.1, -0.05) is 0 Å². The Morgan fingerprint density at radius 3 is 2.68 bits per heavy atom. The smallest absolute Gasteiger partial charge is 0.416 e. The summed E-state index contributed by atoms with van der Waals surface area (Å²) in [6.45, 7) is 5.44. The molecule has 0 fully saturated rings. The lowest BCUT2D eigenvalue weighted by Gasteiger charge is -2.29. The number of hydrogen-bond acceptors (Lipinski definition) is 8. The second-order valence-electron chi connectivity index (χ2n) is 9.81. The highest BCUT2D eigenvalue weighted by Gasteiger charge is 2.37. The van der Waals surface area contributed by atoms with Crippen LogP contribution in [0.15, 0.2) is 37.1 Å². The number of carbonyl (C=O) groups is 1. The van der Waals surface area contributed by atoms with Crippen LogP contribution in [0.4, 0.5) is 19.4 Å². The molecular weight excluding hydrogens is 486 g/mol. The normalized spacial score (nSPS) is 16.7. The van der Waals surface area contributed by atoms with Crippen LogP contribution < -0.4 is 14.4 Å². The molecule has 0 spiro atoms. The van der Waals surface area contributed by atoms with Crippen LogP contribution >= 0.6 is 0 Å². The van der Waals surface area contributed by atoms with Crippen LogP contribution in [-0.2, 0) is 11.3 Å². The Balaban J connectivity index is 1.61. The maximum absolute atomic E-state index is 15.3. The first-order valence-corrected chi connectivity index (χ1v) is 11.6. The minimum Gasteiger partial charge on any atom is -0.493 e. The zero-order valence-corrected chi connectivity index (χ0v) is 20.2. The summed E-state index contributed by atoms with van der Waals surface area (Å²) in [5.74, 6) is -0.465. The molecule has 5 heterocycles. The van der Waals surface area contributed by atoms with E-state index in [1.807, 2.05) is 0 Å². The Labute approximate surface area is 209 Å². The third-order valence-corrected chi connectivity index (χ3v) is 6.17. The molecule has 0 unspecified atom stereocenters. The molecule has 37 heavy (non-hydrogen) atoms. The molecule has 3 aromatic heterocycles. The first-order chi connectivity index (χ1) is 17.7. The molecule has 2 aliphatic rings. The van der Waals surface area contributed by atoms with E-state index in [1.54, 1.807) is 32.9 Å². The van der Waals surface area contributed by atoms with Crippen molar-refractivity contribution in [1.82, 2.24) is 24.6 Å². The first kappa shape index (κ1) is 23.1. The van der Waals surface area contributed by atoms with Gasteiger partial charge >= 0.3 is 6.09 Å². The molecule has 0 radical (unpaired) electrons. The lowest BCUT2D eigenvalue weighted by molar-refractivity contribution is 0.0574. The van der Waals surface area contributed by atoms with Crippen LogP contribution in [0, 0.1) is 11.6 Å². The number of carbonyl (C=O) groups excluding carboxylic acids is 1. The summed E-state index contributed by atoms with van der Waals surface area (Å²) in [6.07, 6.45) is 2.90. The topological polar surface area (TPSA) is 104 Å². The van der Waals surface area contributed by atoms with Gasteiger partial charge in [0, 0.05) is 11.1 Å². The number of nitrogens with zero attached hydrogens (tertiary/aromatic N) is 6. The fourth-order valence-electron chi connectivity index (χ4n) is 4.65. The van der Waals surface area contributed by atoms with Gasteiger partial charge in [0.05, 0.1) is 37.4 Å². The number of benzene rings is 1. The zero-order valence-electron chi connectivity index (χ0n) is 20.2. The summed E-state index contributed by atoms with van der Waals surface area (Å²) >= 11 is 0. The van der Waals surface area contributed by atoms with E-state index in [1.165, 1.54) is 28.0 Å². The van der Waals surface area contributed by atoms with E-state index in [0.717, 1.165) is 6.20 Å². The molecular formula is C25H22F2N6O4. The number of anilines is 1. The average Bonchev–Trinajstić information content (AvgIpc) is 3.49. The van der Waals surface area contributed by atoms with Crippen molar-refractivity contribution in [2.45, 2.75) is 38.8 Å². The molecule has 1 amide bonds. The summed E-state index contributed by atoms with van der Waals surface area (Å²) in [7, 11) is 0. The van der Waals surface area contributed by atoms with Crippen molar-refractivity contribution < 1.29 is 27.8 Å². The van der Waals surface area contributed by atoms with Crippen molar-refractivity contribution in [3.8, 4) is 22.8 Å². The van der Waals surface area contributed by atoms with Gasteiger partial charge in [-0.25, -0.2) is 23.5 Å². The third-order valence-electron chi connectivity index (χ3n) is 6.17. The van der Waals surface area contributed by atoms with Crippen LogP contribution in [-0.4, -0.2) is 49.5 Å². The van der Waals surface area contributed by atoms with Gasteiger partial charge in [-0.05, 0) is 39.0 Å². The van der Waals surface area contributed by atoms with Crippen LogP contribution in [0.1, 0.15) is 37.8 Å². The predicted octanol–water partition coefficient (Wildman–Crippen LogP) is 4.27. The number of aromatic nitrogens is 5. The van der Waals surface area contributed by atoms with Crippen molar-refractivity contribution in [2.24, 2.45) is 0 Å². The Kier molecular flexibility index (Phi) is 5.21. The number of rotatable bonds is 1. The van der Waals surface area contributed by atoms with E-state index >= 15 is 4.39 Å². The monoisotopic (exact) mass is 508 g/mol. The van der Waals surface area contributed by atoms with Gasteiger partial charge in [0.15, 0.2) is 23.0 Å². The van der Waals surface area contributed by atoms with E-state index in [-0.39, 0.29) is 54.1 Å². The molecule has 0 saturated heterocycles. The summed E-state index contributed by atoms with van der Waals surface area (Å²) in [5.41, 5.74) is 0.595. The lowest BCUT2D eigenvalue weighted by Crippen LogP contribution is -2.38. The van der Waals surface area contributed by atoms with Crippen molar-refractivity contribution >= 4 is 17.6 Å². The molecule has 1 atom stereocenters. The molecule has 0 bridgehead atoms. The van der Waals surface area contributed by atoms with Gasteiger partial charge in [-0.15, -0.1) is 10.2 Å². The minimum atomic E-state index is -0.838. The van der Waals surface area contributed by atoms with E-state index in [0.29, 0.717) is 16.9 Å². The third kappa shape index (κ3) is 3.88. The quantitative estimate of drug-likeness (QED) is 0.376. The number of ether oxygens (including phenoxy) is 3. The number of fused-ring (bicyclic) bond motifs is 3. The first-order valence-electron chi connectivity index (χ1n) is 11.6. The van der Waals surface area contributed by atoms with E-state index in [2.05, 4.69) is 20.2 Å². The Bertz CT molecular complexity index is 1550. The molecule has 6 rings (SSSR count). The second kappa shape index (κ2) is 8.36. The lowest BCUT2D eigenvalue weighted by atomic mass is 9.95. The van der Waals surface area contributed by atoms with Gasteiger partial charge in [0.25, 0.3) is 0 Å². The van der Waals surface area contributed by atoms with Gasteiger partial charge in [-0.2, -0.15) is 0 Å². The molecule has 190 valence electrons. The molecule has 1 aromatic carbocycles. The van der Waals surface area contributed by atoms with E-state index < -0.39 is 23.3 Å². The summed E-state index contributed by atoms with van der Waals surface area (Å²) in [5, 5.41) is 8.14. The zero-order chi connectivity index (χ0) is 25.9. The molecule has 0 aliphatic carbocycles. The molecule has 12 heteroatoms. The van der Waals surface area contributed by atoms with Crippen LogP contribution in [0.5, 0.6) is 11.5 Å². The highest BCUT2D eigenvalue weighted by Crippen LogP contribution is 2.44. The summed E-state index contributed by atoms with van der Waals surface area (Å²) in [4.78, 5) is 22.7. The minimum absolute atomic E-state index is 0.0103. The standard InChI is InChI=1S/C25H22F2N6O4/c1-25(2,3)37-24(34)32-8-15-16(26)4-5-18-20(15)13(9-35-18)10-36-19-6-14(21-17(27)7-28-11-29-21)22-31-30-12-33(22)23(19)32/h4-7,11-13H,8-10H2,1-3H3/t13-/m1/s1. The van der Waals surface area contributed by atoms with Crippen molar-refractivity contribution in [3.05, 3.63) is 59.8 Å². The maximum atomic E-state index is 15.3. The Hall–Kier alpha value is -4.35. The van der Waals surface area contributed by atoms with Crippen LogP contribution in [0.2, 0.25) is 0 Å². The highest BCUT2D eigenvalue weighted by molar-refractivity contribution is 5.91. The predicted molar refractivity (Wildman–Crippen MR) is 127 cm³/mol. The number of amides is 1. The summed E-state index contributed by atoms with van der Waals surface area (Å²) < 4.78 is 49.2. The SMILES string of the molecule is CC(C)(C)OC(=O)N1Cc2c(F)ccc3c2[C@H](CO3)COc2cc(-c3ncncc3F)c3nncn3c21. The Morgan fingerprint density at radius 2 is 1.92 bits per heavy atom. The number of hydrogen-bond donors (Lipinski definition) is 0. The summed E-state index contributed by atoms with van der Waals surface area (Å²) in [6, 6.07) is 4.44. The molecule has 4 aromatic rings. The van der Waals surface area contributed by atoms with Crippen molar-refractivity contribution in [3.63, 3.8) is 0 Å². The van der Waals surface area contributed by atoms with Gasteiger partial charge in [-0.3, -0.25) is 9.30 Å². The van der Waals surface area contributed by atoms with Crippen LogP contribution in [0.3, 0.4) is 0 Å².